The summed E-state index contributed by atoms with van der Waals surface area (Å²) in [5.74, 6) is -0.284. The molecule has 142 valence electrons. The second-order valence-corrected chi connectivity index (χ2v) is 6.11. The summed E-state index contributed by atoms with van der Waals surface area (Å²) in [4.78, 5) is 34.3. The van der Waals surface area contributed by atoms with Crippen LogP contribution in [0.2, 0.25) is 0 Å². The van der Waals surface area contributed by atoms with E-state index in [1.54, 1.807) is 12.1 Å². The van der Waals surface area contributed by atoms with Crippen LogP contribution >= 0.6 is 0 Å². The molecule has 0 spiro atoms. The normalized spacial score (nSPS) is 10.4. The van der Waals surface area contributed by atoms with Gasteiger partial charge in [-0.25, -0.2) is 4.68 Å². The number of rotatable bonds is 7. The van der Waals surface area contributed by atoms with Crippen molar-refractivity contribution < 1.29 is 9.72 Å². The van der Waals surface area contributed by atoms with E-state index in [-0.39, 0.29) is 23.6 Å². The van der Waals surface area contributed by atoms with E-state index in [4.69, 9.17) is 0 Å². The van der Waals surface area contributed by atoms with Crippen LogP contribution in [0.4, 0.5) is 11.4 Å². The molecular formula is C20H18N4O4. The van der Waals surface area contributed by atoms with Gasteiger partial charge in [0.1, 0.15) is 0 Å². The van der Waals surface area contributed by atoms with Gasteiger partial charge < -0.3 is 5.32 Å². The lowest BCUT2D eigenvalue weighted by Crippen LogP contribution is -2.23. The molecule has 0 saturated heterocycles. The number of benzene rings is 2. The van der Waals surface area contributed by atoms with Gasteiger partial charge in [-0.05, 0) is 18.6 Å². The van der Waals surface area contributed by atoms with Gasteiger partial charge in [-0.15, -0.1) is 0 Å². The fraction of sp³-hybridized carbons (Fsp3) is 0.150. The summed E-state index contributed by atoms with van der Waals surface area (Å²) >= 11 is 0. The van der Waals surface area contributed by atoms with Crippen LogP contribution in [0.3, 0.4) is 0 Å². The molecule has 0 unspecified atom stereocenters. The van der Waals surface area contributed by atoms with Gasteiger partial charge in [0, 0.05) is 42.4 Å². The molecule has 0 fully saturated rings. The molecule has 3 aromatic rings. The van der Waals surface area contributed by atoms with Crippen molar-refractivity contribution in [2.45, 2.75) is 19.4 Å². The van der Waals surface area contributed by atoms with Crippen molar-refractivity contribution >= 4 is 17.3 Å². The number of nitro benzene ring substituents is 1. The summed E-state index contributed by atoms with van der Waals surface area (Å²) in [7, 11) is 0. The number of nitrogens with zero attached hydrogens (tertiary/aromatic N) is 3. The number of amides is 1. The molecule has 0 atom stereocenters. The Morgan fingerprint density at radius 1 is 1.07 bits per heavy atom. The Labute approximate surface area is 160 Å². The number of non-ortho nitro benzene ring substituents is 1. The highest BCUT2D eigenvalue weighted by molar-refractivity contribution is 5.90. The zero-order valence-electron chi connectivity index (χ0n) is 14.9. The number of hydrogen-bond donors (Lipinski definition) is 1. The van der Waals surface area contributed by atoms with E-state index in [2.05, 4.69) is 10.4 Å². The standard InChI is InChI=1S/C20H18N4O4/c25-19(21-16-8-4-9-17(14-16)24(27)28)10-5-13-23-20(26)12-11-18(22-23)15-6-2-1-3-7-15/h1-4,6-9,11-12,14H,5,10,13H2,(H,21,25). The highest BCUT2D eigenvalue weighted by Gasteiger charge is 2.09. The third kappa shape index (κ3) is 4.88. The van der Waals surface area contributed by atoms with Crippen molar-refractivity contribution in [3.05, 3.63) is 87.2 Å². The van der Waals surface area contributed by atoms with Crippen LogP contribution in [0.25, 0.3) is 11.3 Å². The summed E-state index contributed by atoms with van der Waals surface area (Å²) in [6.45, 7) is 0.294. The van der Waals surface area contributed by atoms with Gasteiger partial charge in [0.25, 0.3) is 11.2 Å². The predicted octanol–water partition coefficient (Wildman–Crippen LogP) is 3.24. The van der Waals surface area contributed by atoms with Gasteiger partial charge in [-0.2, -0.15) is 5.10 Å². The fourth-order valence-corrected chi connectivity index (χ4v) is 2.68. The fourth-order valence-electron chi connectivity index (χ4n) is 2.68. The lowest BCUT2D eigenvalue weighted by Gasteiger charge is -2.08. The predicted molar refractivity (Wildman–Crippen MR) is 105 cm³/mol. The van der Waals surface area contributed by atoms with Crippen LogP contribution in [-0.2, 0) is 11.3 Å². The lowest BCUT2D eigenvalue weighted by molar-refractivity contribution is -0.384. The average Bonchev–Trinajstić information content (AvgIpc) is 2.70. The SMILES string of the molecule is O=C(CCCn1nc(-c2ccccc2)ccc1=O)Nc1cccc([N+](=O)[O-])c1. The summed E-state index contributed by atoms with van der Waals surface area (Å²) in [6, 6.07) is 18.4. The third-order valence-corrected chi connectivity index (χ3v) is 4.05. The number of anilines is 1. The molecule has 0 aliphatic carbocycles. The van der Waals surface area contributed by atoms with E-state index in [1.807, 2.05) is 30.3 Å². The highest BCUT2D eigenvalue weighted by Crippen LogP contribution is 2.17. The Morgan fingerprint density at radius 3 is 2.61 bits per heavy atom. The first kappa shape index (κ1) is 19.0. The first-order valence-electron chi connectivity index (χ1n) is 8.71. The number of aryl methyl sites for hydroxylation is 1. The maximum Gasteiger partial charge on any atom is 0.271 e. The minimum absolute atomic E-state index is 0.0914. The molecule has 28 heavy (non-hydrogen) atoms. The summed E-state index contributed by atoms with van der Waals surface area (Å²) < 4.78 is 1.34. The van der Waals surface area contributed by atoms with E-state index in [1.165, 1.54) is 28.9 Å². The maximum absolute atomic E-state index is 12.1. The molecule has 8 heteroatoms. The monoisotopic (exact) mass is 378 g/mol. The van der Waals surface area contributed by atoms with Crippen LogP contribution in [0.1, 0.15) is 12.8 Å². The van der Waals surface area contributed by atoms with Crippen LogP contribution in [-0.4, -0.2) is 20.6 Å². The highest BCUT2D eigenvalue weighted by atomic mass is 16.6. The number of carbonyl (C=O) groups is 1. The van der Waals surface area contributed by atoms with E-state index in [0.717, 1.165) is 5.56 Å². The van der Waals surface area contributed by atoms with Gasteiger partial charge >= 0.3 is 0 Å². The maximum atomic E-state index is 12.1. The minimum atomic E-state index is -0.520. The second kappa shape index (κ2) is 8.72. The smallest absolute Gasteiger partial charge is 0.271 e. The molecule has 0 aliphatic rings. The lowest BCUT2D eigenvalue weighted by atomic mass is 10.1. The van der Waals surface area contributed by atoms with Gasteiger partial charge in [0.2, 0.25) is 5.91 Å². The minimum Gasteiger partial charge on any atom is -0.326 e. The zero-order chi connectivity index (χ0) is 19.9. The van der Waals surface area contributed by atoms with Crippen LogP contribution in [0.5, 0.6) is 0 Å². The van der Waals surface area contributed by atoms with E-state index >= 15 is 0 Å². The Hall–Kier alpha value is -3.81. The van der Waals surface area contributed by atoms with E-state index in [9.17, 15) is 19.7 Å². The van der Waals surface area contributed by atoms with Crippen molar-refractivity contribution in [3.63, 3.8) is 0 Å². The third-order valence-electron chi connectivity index (χ3n) is 4.05. The Morgan fingerprint density at radius 2 is 1.86 bits per heavy atom. The van der Waals surface area contributed by atoms with Gasteiger partial charge in [0.05, 0.1) is 10.6 Å². The number of nitrogens with one attached hydrogen (secondary N) is 1. The molecule has 0 radical (unpaired) electrons. The average molecular weight is 378 g/mol. The topological polar surface area (TPSA) is 107 Å². The van der Waals surface area contributed by atoms with Crippen LogP contribution in [0.15, 0.2) is 71.5 Å². The summed E-state index contributed by atoms with van der Waals surface area (Å²) in [5.41, 5.74) is 1.62. The largest absolute Gasteiger partial charge is 0.326 e. The van der Waals surface area contributed by atoms with Crippen molar-refractivity contribution in [2.75, 3.05) is 5.32 Å². The van der Waals surface area contributed by atoms with Crippen molar-refractivity contribution in [1.82, 2.24) is 9.78 Å². The second-order valence-electron chi connectivity index (χ2n) is 6.11. The van der Waals surface area contributed by atoms with Crippen molar-refractivity contribution in [3.8, 4) is 11.3 Å². The molecule has 8 nitrogen and oxygen atoms in total. The Kier molecular flexibility index (Phi) is 5.91. The van der Waals surface area contributed by atoms with Gasteiger partial charge in [0.15, 0.2) is 0 Å². The van der Waals surface area contributed by atoms with Crippen LogP contribution < -0.4 is 10.9 Å². The quantitative estimate of drug-likeness (QED) is 0.502. The molecular weight excluding hydrogens is 360 g/mol. The summed E-state index contributed by atoms with van der Waals surface area (Å²) in [5, 5.41) is 17.8. The molecule has 1 N–H and O–H groups in total. The molecule has 3 rings (SSSR count). The summed E-state index contributed by atoms with van der Waals surface area (Å²) in [6.07, 6.45) is 0.568. The Bertz CT molecular complexity index is 1050. The molecule has 1 aromatic heterocycles. The molecule has 1 heterocycles. The number of aromatic nitrogens is 2. The first-order valence-corrected chi connectivity index (χ1v) is 8.71. The van der Waals surface area contributed by atoms with Crippen LogP contribution in [0, 0.1) is 10.1 Å². The molecule has 0 saturated carbocycles. The zero-order valence-corrected chi connectivity index (χ0v) is 14.9. The number of nitro groups is 1. The van der Waals surface area contributed by atoms with Crippen molar-refractivity contribution in [2.24, 2.45) is 0 Å². The van der Waals surface area contributed by atoms with E-state index in [0.29, 0.717) is 24.3 Å². The van der Waals surface area contributed by atoms with Crippen molar-refractivity contribution in [1.29, 1.82) is 0 Å². The van der Waals surface area contributed by atoms with Gasteiger partial charge in [-0.1, -0.05) is 36.4 Å². The molecule has 0 bridgehead atoms. The number of carbonyl (C=O) groups excluding carboxylic acids is 1. The first-order chi connectivity index (χ1) is 13.5. The van der Waals surface area contributed by atoms with Gasteiger partial charge in [-0.3, -0.25) is 19.7 Å². The number of hydrogen-bond acceptors (Lipinski definition) is 5. The Balaban J connectivity index is 1.59. The molecule has 2 aromatic carbocycles. The molecule has 1 amide bonds. The molecule has 0 aliphatic heterocycles. The van der Waals surface area contributed by atoms with E-state index < -0.39 is 4.92 Å².